The first-order valence-electron chi connectivity index (χ1n) is 8.29. The molecule has 0 spiro atoms. The molecule has 2 atom stereocenters. The molecule has 3 rings (SSSR count). The summed E-state index contributed by atoms with van der Waals surface area (Å²) in [5.41, 5.74) is 2.04. The highest BCUT2D eigenvalue weighted by atomic mass is 32.2. The highest BCUT2D eigenvalue weighted by molar-refractivity contribution is 7.89. The third-order valence-electron chi connectivity index (χ3n) is 4.80. The van der Waals surface area contributed by atoms with Gasteiger partial charge in [-0.15, -0.1) is 0 Å². The third kappa shape index (κ3) is 3.08. The van der Waals surface area contributed by atoms with Crippen LogP contribution < -0.4 is 0 Å². The Kier molecular flexibility index (Phi) is 4.68. The molecule has 0 aromatic heterocycles. The number of morpholine rings is 1. The van der Waals surface area contributed by atoms with Crippen LogP contribution in [0.5, 0.6) is 0 Å². The van der Waals surface area contributed by atoms with Gasteiger partial charge in [-0.1, -0.05) is 6.07 Å². The van der Waals surface area contributed by atoms with Gasteiger partial charge in [-0.25, -0.2) is 8.42 Å². The quantitative estimate of drug-likeness (QED) is 0.807. The molecule has 1 aromatic rings. The number of rotatable bonds is 2. The molecule has 7 heteroatoms. The Morgan fingerprint density at radius 1 is 1.17 bits per heavy atom. The molecule has 24 heavy (non-hydrogen) atoms. The normalized spacial score (nSPS) is 25.4. The molecule has 1 amide bonds. The van der Waals surface area contributed by atoms with E-state index in [0.717, 1.165) is 17.5 Å². The van der Waals surface area contributed by atoms with Gasteiger partial charge in [-0.05, 0) is 43.5 Å². The Balaban J connectivity index is 1.95. The second-order valence-corrected chi connectivity index (χ2v) is 8.53. The van der Waals surface area contributed by atoms with Crippen molar-refractivity contribution in [1.82, 2.24) is 9.21 Å². The molecule has 1 aromatic carbocycles. The molecule has 2 aliphatic rings. The fraction of sp³-hybridized carbons (Fsp3) is 0.588. The van der Waals surface area contributed by atoms with E-state index in [9.17, 15) is 13.2 Å². The Hall–Kier alpha value is -1.44. The molecule has 2 aliphatic heterocycles. The number of carbonyl (C=O) groups is 1. The number of benzene rings is 1. The largest absolute Gasteiger partial charge is 0.378 e. The van der Waals surface area contributed by atoms with E-state index in [-0.39, 0.29) is 18.0 Å². The summed E-state index contributed by atoms with van der Waals surface area (Å²) in [7, 11) is -3.58. The fourth-order valence-corrected chi connectivity index (χ4v) is 5.39. The number of hydrogen-bond acceptors (Lipinski definition) is 4. The van der Waals surface area contributed by atoms with Gasteiger partial charge in [0.1, 0.15) is 0 Å². The average molecular weight is 352 g/mol. The van der Waals surface area contributed by atoms with Gasteiger partial charge in [0.2, 0.25) is 15.9 Å². The minimum atomic E-state index is -3.58. The smallest absolute Gasteiger partial charge is 0.243 e. The SMILES string of the molecule is CC(=O)N1CCc2ccc(S(=O)(=O)N3C(C)COCC3C)cc2C1. The third-order valence-corrected chi connectivity index (χ3v) is 6.92. The van der Waals surface area contributed by atoms with Gasteiger partial charge in [0, 0.05) is 32.1 Å². The summed E-state index contributed by atoms with van der Waals surface area (Å²) in [6.45, 7) is 7.25. The highest BCUT2D eigenvalue weighted by Crippen LogP contribution is 2.28. The van der Waals surface area contributed by atoms with E-state index >= 15 is 0 Å². The van der Waals surface area contributed by atoms with Crippen molar-refractivity contribution < 1.29 is 17.9 Å². The van der Waals surface area contributed by atoms with Crippen molar-refractivity contribution in [3.8, 4) is 0 Å². The lowest BCUT2D eigenvalue weighted by atomic mass is 10.00. The first-order chi connectivity index (χ1) is 11.3. The van der Waals surface area contributed by atoms with Crippen molar-refractivity contribution in [3.05, 3.63) is 29.3 Å². The van der Waals surface area contributed by atoms with E-state index in [2.05, 4.69) is 0 Å². The predicted molar refractivity (Wildman–Crippen MR) is 90.0 cm³/mol. The first-order valence-corrected chi connectivity index (χ1v) is 9.73. The number of ether oxygens (including phenoxy) is 1. The summed E-state index contributed by atoms with van der Waals surface area (Å²) in [4.78, 5) is 13.7. The average Bonchev–Trinajstić information content (AvgIpc) is 2.53. The van der Waals surface area contributed by atoms with Crippen molar-refractivity contribution in [1.29, 1.82) is 0 Å². The lowest BCUT2D eigenvalue weighted by Crippen LogP contribution is -2.52. The predicted octanol–water partition coefficient (Wildman–Crippen LogP) is 1.39. The van der Waals surface area contributed by atoms with E-state index in [0.29, 0.717) is 31.2 Å². The van der Waals surface area contributed by atoms with Gasteiger partial charge < -0.3 is 9.64 Å². The van der Waals surface area contributed by atoms with E-state index < -0.39 is 10.0 Å². The zero-order chi connectivity index (χ0) is 17.5. The molecule has 132 valence electrons. The Morgan fingerprint density at radius 3 is 2.46 bits per heavy atom. The van der Waals surface area contributed by atoms with E-state index in [1.54, 1.807) is 28.3 Å². The van der Waals surface area contributed by atoms with Crippen LogP contribution in [0.2, 0.25) is 0 Å². The summed E-state index contributed by atoms with van der Waals surface area (Å²) < 4.78 is 33.2. The molecule has 0 saturated carbocycles. The maximum absolute atomic E-state index is 13.1. The molecule has 0 radical (unpaired) electrons. The molecule has 0 bridgehead atoms. The van der Waals surface area contributed by atoms with Crippen molar-refractivity contribution in [2.75, 3.05) is 19.8 Å². The Labute approximate surface area is 143 Å². The second kappa shape index (κ2) is 6.46. The lowest BCUT2D eigenvalue weighted by molar-refractivity contribution is -0.129. The summed E-state index contributed by atoms with van der Waals surface area (Å²) in [5, 5.41) is 0. The molecule has 1 saturated heterocycles. The first kappa shape index (κ1) is 17.4. The standard InChI is InChI=1S/C17H24N2O4S/c1-12-10-23-11-13(2)19(12)24(21,22)17-5-4-15-6-7-18(14(3)20)9-16(15)8-17/h4-5,8,12-13H,6-7,9-11H2,1-3H3. The molecule has 1 fully saturated rings. The van der Waals surface area contributed by atoms with Crippen molar-refractivity contribution in [3.63, 3.8) is 0 Å². The molecular formula is C17H24N2O4S. The topological polar surface area (TPSA) is 66.9 Å². The van der Waals surface area contributed by atoms with E-state index in [1.165, 1.54) is 0 Å². The van der Waals surface area contributed by atoms with Crippen molar-refractivity contribution in [2.24, 2.45) is 0 Å². The van der Waals surface area contributed by atoms with Gasteiger partial charge in [0.15, 0.2) is 0 Å². The number of amides is 1. The van der Waals surface area contributed by atoms with Gasteiger partial charge in [0.05, 0.1) is 18.1 Å². The maximum atomic E-state index is 13.1. The number of nitrogens with zero attached hydrogens (tertiary/aromatic N) is 2. The van der Waals surface area contributed by atoms with Gasteiger partial charge in [-0.2, -0.15) is 4.31 Å². The summed E-state index contributed by atoms with van der Waals surface area (Å²) in [6, 6.07) is 4.92. The lowest BCUT2D eigenvalue weighted by Gasteiger charge is -2.37. The van der Waals surface area contributed by atoms with Crippen molar-refractivity contribution in [2.45, 2.75) is 50.7 Å². The molecule has 2 unspecified atom stereocenters. The number of carbonyl (C=O) groups excluding carboxylic acids is 1. The Bertz CT molecular complexity index is 737. The molecular weight excluding hydrogens is 328 g/mol. The van der Waals surface area contributed by atoms with Crippen LogP contribution in [0.25, 0.3) is 0 Å². The summed E-state index contributed by atoms with van der Waals surface area (Å²) in [5.74, 6) is 0.0179. The maximum Gasteiger partial charge on any atom is 0.243 e. The summed E-state index contributed by atoms with van der Waals surface area (Å²) >= 11 is 0. The van der Waals surface area contributed by atoms with Crippen LogP contribution in [0, 0.1) is 0 Å². The van der Waals surface area contributed by atoms with Crippen molar-refractivity contribution >= 4 is 15.9 Å². The zero-order valence-corrected chi connectivity index (χ0v) is 15.2. The Morgan fingerprint density at radius 2 is 1.83 bits per heavy atom. The number of sulfonamides is 1. The van der Waals surface area contributed by atoms with Crippen LogP contribution in [-0.4, -0.2) is 55.4 Å². The minimum Gasteiger partial charge on any atom is -0.378 e. The molecule has 6 nitrogen and oxygen atoms in total. The number of hydrogen-bond donors (Lipinski definition) is 0. The van der Waals surface area contributed by atoms with E-state index in [4.69, 9.17) is 4.74 Å². The zero-order valence-electron chi connectivity index (χ0n) is 14.4. The van der Waals surface area contributed by atoms with Crippen LogP contribution in [0.1, 0.15) is 31.9 Å². The number of fused-ring (bicyclic) bond motifs is 1. The summed E-state index contributed by atoms with van der Waals surface area (Å²) in [6.07, 6.45) is 0.763. The highest BCUT2D eigenvalue weighted by Gasteiger charge is 2.36. The van der Waals surface area contributed by atoms with Crippen LogP contribution >= 0.6 is 0 Å². The van der Waals surface area contributed by atoms with Gasteiger partial charge >= 0.3 is 0 Å². The van der Waals surface area contributed by atoms with Crippen LogP contribution in [0.15, 0.2) is 23.1 Å². The fourth-order valence-electron chi connectivity index (χ4n) is 3.55. The van der Waals surface area contributed by atoms with Crippen LogP contribution in [0.3, 0.4) is 0 Å². The van der Waals surface area contributed by atoms with Crippen LogP contribution in [-0.2, 0) is 32.5 Å². The second-order valence-electron chi connectivity index (χ2n) is 6.69. The van der Waals surface area contributed by atoms with Gasteiger partial charge in [-0.3, -0.25) is 4.79 Å². The van der Waals surface area contributed by atoms with Crippen LogP contribution in [0.4, 0.5) is 0 Å². The minimum absolute atomic E-state index is 0.0179. The van der Waals surface area contributed by atoms with Gasteiger partial charge in [0.25, 0.3) is 0 Å². The molecule has 0 N–H and O–H groups in total. The molecule has 2 heterocycles. The molecule has 0 aliphatic carbocycles. The van der Waals surface area contributed by atoms with E-state index in [1.807, 2.05) is 19.9 Å². The monoisotopic (exact) mass is 352 g/mol.